The van der Waals surface area contributed by atoms with Crippen LogP contribution >= 0.6 is 11.3 Å². The minimum atomic E-state index is -0.0338. The number of amides is 1. The van der Waals surface area contributed by atoms with Crippen molar-refractivity contribution in [1.29, 1.82) is 0 Å². The Morgan fingerprint density at radius 3 is 2.29 bits per heavy atom. The monoisotopic (exact) mass is 426 g/mol. The Morgan fingerprint density at radius 2 is 1.52 bits per heavy atom. The number of carbonyl (C=O) groups is 2. The summed E-state index contributed by atoms with van der Waals surface area (Å²) in [5.41, 5.74) is 2.89. The van der Waals surface area contributed by atoms with Crippen LogP contribution in [-0.2, 0) is 0 Å². The topological polar surface area (TPSA) is 50.3 Å². The third-order valence-electron chi connectivity index (χ3n) is 5.80. The highest BCUT2D eigenvalue weighted by atomic mass is 32.1. The van der Waals surface area contributed by atoms with Crippen LogP contribution in [0.4, 0.5) is 0 Å². The van der Waals surface area contributed by atoms with Crippen LogP contribution in [0.3, 0.4) is 0 Å². The molecule has 4 nitrogen and oxygen atoms in total. The Morgan fingerprint density at radius 1 is 0.839 bits per heavy atom. The molecule has 154 valence electrons. The molecule has 1 aliphatic rings. The lowest BCUT2D eigenvalue weighted by Crippen LogP contribution is -2.39. The van der Waals surface area contributed by atoms with Crippen molar-refractivity contribution in [1.82, 2.24) is 9.88 Å². The molecule has 1 atom stereocenters. The van der Waals surface area contributed by atoms with E-state index in [4.69, 9.17) is 4.98 Å². The lowest BCUT2D eigenvalue weighted by atomic mass is 9.97. The molecular weight excluding hydrogens is 404 g/mol. The summed E-state index contributed by atoms with van der Waals surface area (Å²) in [5.74, 6) is 0.257. The van der Waals surface area contributed by atoms with Crippen LogP contribution in [0.1, 0.15) is 50.0 Å². The van der Waals surface area contributed by atoms with Gasteiger partial charge in [-0.05, 0) is 37.1 Å². The van der Waals surface area contributed by atoms with E-state index in [9.17, 15) is 9.59 Å². The van der Waals surface area contributed by atoms with Crippen molar-refractivity contribution in [3.63, 3.8) is 0 Å². The zero-order valence-corrected chi connectivity index (χ0v) is 17.8. The van der Waals surface area contributed by atoms with Crippen LogP contribution in [0.2, 0.25) is 0 Å². The number of aromatic nitrogens is 1. The van der Waals surface area contributed by atoms with Crippen molar-refractivity contribution < 1.29 is 9.59 Å². The molecule has 1 amide bonds. The molecular formula is C26H22N2O2S. The predicted octanol–water partition coefficient (Wildman–Crippen LogP) is 5.55. The number of fused-ring (bicyclic) bond motifs is 1. The second-order valence-corrected chi connectivity index (χ2v) is 8.94. The maximum atomic E-state index is 13.1. The number of rotatable bonds is 4. The van der Waals surface area contributed by atoms with Crippen LogP contribution in [-0.4, -0.2) is 34.7 Å². The molecule has 1 saturated heterocycles. The molecule has 1 aliphatic heterocycles. The summed E-state index contributed by atoms with van der Waals surface area (Å²) < 4.78 is 1.19. The highest BCUT2D eigenvalue weighted by Crippen LogP contribution is 2.33. The first-order chi connectivity index (χ1) is 15.2. The van der Waals surface area contributed by atoms with E-state index in [2.05, 4.69) is 6.07 Å². The van der Waals surface area contributed by atoms with Crippen LogP contribution in [0, 0.1) is 0 Å². The summed E-state index contributed by atoms with van der Waals surface area (Å²) in [4.78, 5) is 32.5. The molecule has 0 unspecified atom stereocenters. The SMILES string of the molecule is O=C(c1ccccc1)c1ccc(C(=O)N2CCC[C@@H](c3nc4ccccc4s3)C2)cc1. The number of nitrogens with zero attached hydrogens (tertiary/aromatic N) is 2. The number of ketones is 1. The molecule has 5 rings (SSSR count). The average Bonchev–Trinajstić information content (AvgIpc) is 3.28. The second kappa shape index (κ2) is 8.44. The van der Waals surface area contributed by atoms with Gasteiger partial charge in [-0.1, -0.05) is 54.6 Å². The van der Waals surface area contributed by atoms with E-state index in [1.165, 1.54) is 4.70 Å². The van der Waals surface area contributed by atoms with Crippen molar-refractivity contribution in [2.75, 3.05) is 13.1 Å². The Hall–Kier alpha value is -3.31. The Kier molecular flexibility index (Phi) is 5.35. The smallest absolute Gasteiger partial charge is 0.253 e. The minimum absolute atomic E-state index is 0.0181. The maximum absolute atomic E-state index is 13.1. The fourth-order valence-corrected chi connectivity index (χ4v) is 5.22. The molecule has 1 aromatic heterocycles. The molecule has 0 radical (unpaired) electrons. The van der Waals surface area contributed by atoms with Gasteiger partial charge in [0.2, 0.25) is 0 Å². The van der Waals surface area contributed by atoms with Gasteiger partial charge in [-0.25, -0.2) is 4.98 Å². The highest BCUT2D eigenvalue weighted by molar-refractivity contribution is 7.18. The van der Waals surface area contributed by atoms with Crippen LogP contribution in [0.25, 0.3) is 10.2 Å². The molecule has 0 spiro atoms. The van der Waals surface area contributed by atoms with E-state index in [1.807, 2.05) is 41.3 Å². The summed E-state index contributed by atoms with van der Waals surface area (Å²) in [6.07, 6.45) is 2.02. The first-order valence-corrected chi connectivity index (χ1v) is 11.4. The van der Waals surface area contributed by atoms with E-state index >= 15 is 0 Å². The Labute approximate surface area is 185 Å². The van der Waals surface area contributed by atoms with Gasteiger partial charge in [-0.2, -0.15) is 0 Å². The van der Waals surface area contributed by atoms with E-state index in [0.29, 0.717) is 23.2 Å². The molecule has 4 aromatic rings. The molecule has 3 aromatic carbocycles. The summed E-state index contributed by atoms with van der Waals surface area (Å²) in [5, 5.41) is 1.11. The van der Waals surface area contributed by atoms with Crippen molar-refractivity contribution >= 4 is 33.2 Å². The van der Waals surface area contributed by atoms with Gasteiger partial charge in [-0.3, -0.25) is 9.59 Å². The number of benzene rings is 3. The van der Waals surface area contributed by atoms with E-state index in [0.717, 1.165) is 29.9 Å². The standard InChI is InChI=1S/C26H22N2O2S/c29-24(18-7-2-1-3-8-18)19-12-14-20(15-13-19)26(30)28-16-6-9-21(17-28)25-27-22-10-4-5-11-23(22)31-25/h1-5,7-8,10-15,21H,6,9,16-17H2/t21-/m1/s1. The summed E-state index contributed by atoms with van der Waals surface area (Å²) in [7, 11) is 0. The first-order valence-electron chi connectivity index (χ1n) is 10.5. The number of piperidine rings is 1. The number of carbonyl (C=O) groups excluding carboxylic acids is 2. The quantitative estimate of drug-likeness (QED) is 0.402. The van der Waals surface area contributed by atoms with E-state index in [1.54, 1.807) is 47.7 Å². The lowest BCUT2D eigenvalue weighted by molar-refractivity contribution is 0.0706. The number of thiazole rings is 1. The van der Waals surface area contributed by atoms with Crippen LogP contribution in [0.15, 0.2) is 78.9 Å². The minimum Gasteiger partial charge on any atom is -0.338 e. The molecule has 0 bridgehead atoms. The Balaban J connectivity index is 1.31. The van der Waals surface area contributed by atoms with Crippen molar-refractivity contribution in [2.24, 2.45) is 0 Å². The first kappa shape index (κ1) is 19.6. The third kappa shape index (κ3) is 4.01. The van der Waals surface area contributed by atoms with Crippen molar-refractivity contribution in [3.8, 4) is 0 Å². The van der Waals surface area contributed by atoms with Crippen molar-refractivity contribution in [3.05, 3.63) is 101 Å². The summed E-state index contributed by atoms with van der Waals surface area (Å²) >= 11 is 1.73. The van der Waals surface area contributed by atoms with E-state index < -0.39 is 0 Å². The van der Waals surface area contributed by atoms with Crippen molar-refractivity contribution in [2.45, 2.75) is 18.8 Å². The van der Waals surface area contributed by atoms with Gasteiger partial charge in [0.25, 0.3) is 5.91 Å². The molecule has 5 heteroatoms. The van der Waals surface area contributed by atoms with E-state index in [-0.39, 0.29) is 17.6 Å². The zero-order valence-electron chi connectivity index (χ0n) is 17.0. The normalized spacial score (nSPS) is 16.4. The fourth-order valence-electron chi connectivity index (χ4n) is 4.13. The third-order valence-corrected chi connectivity index (χ3v) is 7.00. The molecule has 2 heterocycles. The number of para-hydroxylation sites is 1. The molecule has 0 N–H and O–H groups in total. The van der Waals surface area contributed by atoms with Gasteiger partial charge in [0.1, 0.15) is 0 Å². The van der Waals surface area contributed by atoms with Gasteiger partial charge in [0, 0.05) is 35.7 Å². The maximum Gasteiger partial charge on any atom is 0.253 e. The highest BCUT2D eigenvalue weighted by Gasteiger charge is 2.27. The second-order valence-electron chi connectivity index (χ2n) is 7.88. The van der Waals surface area contributed by atoms with Gasteiger partial charge < -0.3 is 4.90 Å². The molecule has 31 heavy (non-hydrogen) atoms. The Bertz CT molecular complexity index is 1200. The molecule has 1 fully saturated rings. The summed E-state index contributed by atoms with van der Waals surface area (Å²) in [6.45, 7) is 1.44. The molecule has 0 saturated carbocycles. The zero-order chi connectivity index (χ0) is 21.2. The fraction of sp³-hybridized carbons (Fsp3) is 0.192. The predicted molar refractivity (Wildman–Crippen MR) is 124 cm³/mol. The van der Waals surface area contributed by atoms with Gasteiger partial charge in [0.15, 0.2) is 5.78 Å². The number of hydrogen-bond acceptors (Lipinski definition) is 4. The van der Waals surface area contributed by atoms with Gasteiger partial charge in [0.05, 0.1) is 15.2 Å². The molecule has 0 aliphatic carbocycles. The van der Waals surface area contributed by atoms with Crippen LogP contribution < -0.4 is 0 Å². The number of hydrogen-bond donors (Lipinski definition) is 0. The van der Waals surface area contributed by atoms with Gasteiger partial charge in [-0.15, -0.1) is 11.3 Å². The lowest BCUT2D eigenvalue weighted by Gasteiger charge is -2.32. The van der Waals surface area contributed by atoms with Crippen LogP contribution in [0.5, 0.6) is 0 Å². The summed E-state index contributed by atoms with van der Waals surface area (Å²) in [6, 6.07) is 24.4. The average molecular weight is 427 g/mol. The van der Waals surface area contributed by atoms with Gasteiger partial charge >= 0.3 is 0 Å². The number of likely N-dealkylation sites (tertiary alicyclic amines) is 1. The largest absolute Gasteiger partial charge is 0.338 e.